The number of piperidine rings is 1. The predicted octanol–water partition coefficient (Wildman–Crippen LogP) is 2.18. The van der Waals surface area contributed by atoms with E-state index in [2.05, 4.69) is 34.5 Å². The van der Waals surface area contributed by atoms with Crippen molar-refractivity contribution in [3.8, 4) is 0 Å². The van der Waals surface area contributed by atoms with Gasteiger partial charge >= 0.3 is 0 Å². The van der Waals surface area contributed by atoms with Crippen molar-refractivity contribution >= 4 is 5.91 Å². The monoisotopic (exact) mass is 304 g/mol. The lowest BCUT2D eigenvalue weighted by molar-refractivity contribution is -0.127. The molecule has 0 aromatic heterocycles. The molecule has 4 heteroatoms. The van der Waals surface area contributed by atoms with Gasteiger partial charge in [-0.15, -0.1) is 0 Å². The average Bonchev–Trinajstić information content (AvgIpc) is 2.54. The molecule has 1 aliphatic heterocycles. The number of rotatable bonds is 7. The quantitative estimate of drug-likeness (QED) is 0.812. The first-order chi connectivity index (χ1) is 10.7. The molecule has 0 radical (unpaired) electrons. The third-order valence-corrected chi connectivity index (χ3v) is 4.26. The maximum absolute atomic E-state index is 12.3. The van der Waals surface area contributed by atoms with E-state index < -0.39 is 6.10 Å². The molecule has 1 fully saturated rings. The molecule has 1 heterocycles. The van der Waals surface area contributed by atoms with Crippen molar-refractivity contribution in [1.82, 2.24) is 10.2 Å². The standard InChI is InChI=1S/C18H28N2O2/c1-2-7-17(21)12-19-18(22)16-10-6-11-20(14-16)13-15-8-4-3-5-9-15/h3-5,8-9,16-17,21H,2,6-7,10-14H2,1H3,(H,19,22). The number of aliphatic hydroxyl groups is 1. The molecular formula is C18H28N2O2. The zero-order valence-electron chi connectivity index (χ0n) is 13.5. The number of hydrogen-bond acceptors (Lipinski definition) is 3. The molecule has 0 bridgehead atoms. The molecule has 0 aliphatic carbocycles. The molecule has 2 atom stereocenters. The first kappa shape index (κ1) is 17.0. The van der Waals surface area contributed by atoms with Gasteiger partial charge in [-0.25, -0.2) is 0 Å². The zero-order chi connectivity index (χ0) is 15.8. The molecule has 22 heavy (non-hydrogen) atoms. The van der Waals surface area contributed by atoms with Crippen LogP contribution in [0.3, 0.4) is 0 Å². The summed E-state index contributed by atoms with van der Waals surface area (Å²) in [5.41, 5.74) is 1.29. The van der Waals surface area contributed by atoms with Gasteiger partial charge in [-0.3, -0.25) is 9.69 Å². The molecule has 1 aliphatic rings. The fraction of sp³-hybridized carbons (Fsp3) is 0.611. The lowest BCUT2D eigenvalue weighted by Crippen LogP contribution is -2.44. The van der Waals surface area contributed by atoms with Crippen LogP contribution in [0.4, 0.5) is 0 Å². The SMILES string of the molecule is CCCC(O)CNC(=O)C1CCCN(Cc2ccccc2)C1. The molecule has 1 aromatic carbocycles. The average molecular weight is 304 g/mol. The van der Waals surface area contributed by atoms with Gasteiger partial charge in [0, 0.05) is 19.6 Å². The van der Waals surface area contributed by atoms with Gasteiger partial charge in [0.25, 0.3) is 0 Å². The lowest BCUT2D eigenvalue weighted by atomic mass is 9.96. The van der Waals surface area contributed by atoms with Gasteiger partial charge in [0.2, 0.25) is 5.91 Å². The van der Waals surface area contributed by atoms with Gasteiger partial charge in [0.05, 0.1) is 12.0 Å². The van der Waals surface area contributed by atoms with Crippen LogP contribution in [0, 0.1) is 5.92 Å². The Labute approximate surface area is 133 Å². The van der Waals surface area contributed by atoms with E-state index in [9.17, 15) is 9.90 Å². The number of carbonyl (C=O) groups excluding carboxylic acids is 1. The van der Waals surface area contributed by atoms with Gasteiger partial charge < -0.3 is 10.4 Å². The second-order valence-corrected chi connectivity index (χ2v) is 6.25. The minimum absolute atomic E-state index is 0.0475. The normalized spacial score (nSPS) is 20.5. The van der Waals surface area contributed by atoms with Crippen molar-refractivity contribution in [2.24, 2.45) is 5.92 Å². The van der Waals surface area contributed by atoms with Gasteiger partial charge in [0.15, 0.2) is 0 Å². The molecule has 1 saturated heterocycles. The van der Waals surface area contributed by atoms with Crippen molar-refractivity contribution in [3.05, 3.63) is 35.9 Å². The molecule has 122 valence electrons. The van der Waals surface area contributed by atoms with E-state index in [1.165, 1.54) is 5.56 Å². The summed E-state index contributed by atoms with van der Waals surface area (Å²) in [7, 11) is 0. The van der Waals surface area contributed by atoms with E-state index in [1.807, 2.05) is 13.0 Å². The molecule has 2 rings (SSSR count). The molecule has 1 aromatic rings. The Morgan fingerprint density at radius 1 is 1.41 bits per heavy atom. The van der Waals surface area contributed by atoms with Crippen molar-refractivity contribution in [2.75, 3.05) is 19.6 Å². The lowest BCUT2D eigenvalue weighted by Gasteiger charge is -2.32. The van der Waals surface area contributed by atoms with Crippen LogP contribution in [0.25, 0.3) is 0 Å². The highest BCUT2D eigenvalue weighted by atomic mass is 16.3. The number of amides is 1. The number of nitrogens with one attached hydrogen (secondary N) is 1. The summed E-state index contributed by atoms with van der Waals surface area (Å²) < 4.78 is 0. The molecule has 2 N–H and O–H groups in total. The second kappa shape index (κ2) is 8.91. The Kier molecular flexibility index (Phi) is 6.87. The van der Waals surface area contributed by atoms with Crippen molar-refractivity contribution in [2.45, 2.75) is 45.3 Å². The summed E-state index contributed by atoms with van der Waals surface area (Å²) >= 11 is 0. The van der Waals surface area contributed by atoms with Crippen molar-refractivity contribution in [1.29, 1.82) is 0 Å². The summed E-state index contributed by atoms with van der Waals surface area (Å²) in [4.78, 5) is 14.6. The van der Waals surface area contributed by atoms with Gasteiger partial charge in [-0.1, -0.05) is 43.7 Å². The number of carbonyl (C=O) groups is 1. The Morgan fingerprint density at radius 3 is 2.91 bits per heavy atom. The Hall–Kier alpha value is -1.39. The Morgan fingerprint density at radius 2 is 2.18 bits per heavy atom. The van der Waals surface area contributed by atoms with Gasteiger partial charge in [-0.2, -0.15) is 0 Å². The summed E-state index contributed by atoms with van der Waals surface area (Å²) in [5, 5.41) is 12.6. The van der Waals surface area contributed by atoms with Crippen LogP contribution < -0.4 is 5.32 Å². The second-order valence-electron chi connectivity index (χ2n) is 6.25. The third-order valence-electron chi connectivity index (χ3n) is 4.26. The minimum Gasteiger partial charge on any atom is -0.391 e. The van der Waals surface area contributed by atoms with Crippen molar-refractivity contribution < 1.29 is 9.90 Å². The highest BCUT2D eigenvalue weighted by molar-refractivity contribution is 5.79. The van der Waals surface area contributed by atoms with E-state index in [0.717, 1.165) is 45.3 Å². The topological polar surface area (TPSA) is 52.6 Å². The number of benzene rings is 1. The smallest absolute Gasteiger partial charge is 0.224 e. The number of nitrogens with zero attached hydrogens (tertiary/aromatic N) is 1. The van der Waals surface area contributed by atoms with E-state index >= 15 is 0 Å². The summed E-state index contributed by atoms with van der Waals surface area (Å²) in [6.45, 7) is 5.18. The van der Waals surface area contributed by atoms with Crippen LogP contribution in [0.15, 0.2) is 30.3 Å². The van der Waals surface area contributed by atoms with Crippen LogP contribution in [-0.2, 0) is 11.3 Å². The van der Waals surface area contributed by atoms with Crippen LogP contribution >= 0.6 is 0 Å². The molecule has 2 unspecified atom stereocenters. The molecular weight excluding hydrogens is 276 g/mol. The van der Waals surface area contributed by atoms with E-state index in [4.69, 9.17) is 0 Å². The van der Waals surface area contributed by atoms with E-state index in [0.29, 0.717) is 6.54 Å². The van der Waals surface area contributed by atoms with E-state index in [-0.39, 0.29) is 11.8 Å². The maximum Gasteiger partial charge on any atom is 0.224 e. The zero-order valence-corrected chi connectivity index (χ0v) is 13.5. The molecule has 4 nitrogen and oxygen atoms in total. The summed E-state index contributed by atoms with van der Waals surface area (Å²) in [6, 6.07) is 10.4. The van der Waals surface area contributed by atoms with Crippen LogP contribution in [0.2, 0.25) is 0 Å². The Bertz CT molecular complexity index is 450. The fourth-order valence-electron chi connectivity index (χ4n) is 3.05. The molecule has 0 spiro atoms. The first-order valence-corrected chi connectivity index (χ1v) is 8.41. The fourth-order valence-corrected chi connectivity index (χ4v) is 3.05. The molecule has 1 amide bonds. The highest BCUT2D eigenvalue weighted by Crippen LogP contribution is 2.18. The number of aliphatic hydroxyl groups excluding tert-OH is 1. The Balaban J connectivity index is 1.78. The first-order valence-electron chi connectivity index (χ1n) is 8.41. The van der Waals surface area contributed by atoms with Crippen molar-refractivity contribution in [3.63, 3.8) is 0 Å². The van der Waals surface area contributed by atoms with E-state index in [1.54, 1.807) is 0 Å². The third kappa shape index (κ3) is 5.43. The maximum atomic E-state index is 12.3. The minimum atomic E-state index is -0.419. The van der Waals surface area contributed by atoms with Crippen LogP contribution in [0.5, 0.6) is 0 Å². The predicted molar refractivity (Wildman–Crippen MR) is 88.4 cm³/mol. The van der Waals surface area contributed by atoms with Crippen LogP contribution in [0.1, 0.15) is 38.2 Å². The largest absolute Gasteiger partial charge is 0.391 e. The number of likely N-dealkylation sites (tertiary alicyclic amines) is 1. The highest BCUT2D eigenvalue weighted by Gasteiger charge is 2.25. The summed E-state index contributed by atoms with van der Waals surface area (Å²) in [5.74, 6) is 0.138. The molecule has 0 saturated carbocycles. The van der Waals surface area contributed by atoms with Crippen LogP contribution in [-0.4, -0.2) is 41.7 Å². The van der Waals surface area contributed by atoms with Gasteiger partial charge in [0.1, 0.15) is 0 Å². The van der Waals surface area contributed by atoms with Gasteiger partial charge in [-0.05, 0) is 31.4 Å². The number of hydrogen-bond donors (Lipinski definition) is 2. The summed E-state index contributed by atoms with van der Waals surface area (Å²) in [6.07, 6.45) is 3.26.